The Morgan fingerprint density at radius 3 is 3.00 bits per heavy atom. The van der Waals surface area contributed by atoms with E-state index in [0.29, 0.717) is 11.3 Å². The first-order chi connectivity index (χ1) is 10.1. The highest BCUT2D eigenvalue weighted by atomic mass is 35.5. The molecule has 1 atom stereocenters. The lowest BCUT2D eigenvalue weighted by Gasteiger charge is -2.20. The average Bonchev–Trinajstić information content (AvgIpc) is 2.45. The van der Waals surface area contributed by atoms with Crippen molar-refractivity contribution in [3.05, 3.63) is 46.5 Å². The van der Waals surface area contributed by atoms with Gasteiger partial charge in [0, 0.05) is 6.32 Å². The monoisotopic (exact) mass is 306 g/mol. The van der Waals surface area contributed by atoms with E-state index in [2.05, 4.69) is 13.0 Å². The average molecular weight is 307 g/mol. The van der Waals surface area contributed by atoms with Gasteiger partial charge in [-0.1, -0.05) is 42.3 Å². The first-order valence-corrected chi connectivity index (χ1v) is 7.64. The number of phenols is 1. The van der Waals surface area contributed by atoms with E-state index in [4.69, 9.17) is 16.3 Å². The fourth-order valence-corrected chi connectivity index (χ4v) is 2.57. The zero-order chi connectivity index (χ0) is 15.2. The molecule has 0 aromatic heterocycles. The first-order valence-electron chi connectivity index (χ1n) is 7.26. The standard InChI is InChI=1S/C16H20BClO3/c1-2-12(5-8-15-4-3-9-17(20)21-15)10-13-6-7-14(19)11-16(13)18/h3-4,6-7,10-11,15,19-20H,2,5,8-9H2,1H3/b12-10+/t15-/m0/s1. The molecule has 1 aromatic carbocycles. The number of phenolic OH excluding ortho intramolecular Hbond substituents is 1. The Morgan fingerprint density at radius 1 is 1.52 bits per heavy atom. The maximum Gasteiger partial charge on any atom is 0.458 e. The van der Waals surface area contributed by atoms with Crippen LogP contribution in [0.1, 0.15) is 31.7 Å². The molecule has 3 nitrogen and oxygen atoms in total. The lowest BCUT2D eigenvalue weighted by Crippen LogP contribution is -2.27. The van der Waals surface area contributed by atoms with Crippen molar-refractivity contribution in [2.45, 2.75) is 38.6 Å². The summed E-state index contributed by atoms with van der Waals surface area (Å²) in [5.74, 6) is 0.171. The minimum absolute atomic E-state index is 0.0287. The molecular formula is C16H20BClO3. The van der Waals surface area contributed by atoms with E-state index in [1.54, 1.807) is 12.1 Å². The fraction of sp³-hybridized carbons (Fsp3) is 0.375. The van der Waals surface area contributed by atoms with Crippen LogP contribution < -0.4 is 0 Å². The van der Waals surface area contributed by atoms with Crippen LogP contribution in [0, 0.1) is 0 Å². The Balaban J connectivity index is 2.00. The minimum atomic E-state index is -0.680. The van der Waals surface area contributed by atoms with Crippen molar-refractivity contribution in [1.82, 2.24) is 0 Å². The Morgan fingerprint density at radius 2 is 2.33 bits per heavy atom. The van der Waals surface area contributed by atoms with Crippen LogP contribution in [-0.2, 0) is 4.65 Å². The predicted octanol–water partition coefficient (Wildman–Crippen LogP) is 4.05. The van der Waals surface area contributed by atoms with Crippen molar-refractivity contribution < 1.29 is 14.8 Å². The van der Waals surface area contributed by atoms with E-state index >= 15 is 0 Å². The molecule has 1 aliphatic heterocycles. The minimum Gasteiger partial charge on any atom is -0.508 e. The van der Waals surface area contributed by atoms with Gasteiger partial charge >= 0.3 is 7.12 Å². The third-order valence-corrected chi connectivity index (χ3v) is 3.90. The maximum absolute atomic E-state index is 9.47. The molecule has 5 heteroatoms. The van der Waals surface area contributed by atoms with Gasteiger partial charge in [-0.2, -0.15) is 0 Å². The maximum atomic E-state index is 9.47. The second kappa shape index (κ2) is 7.69. The second-order valence-electron chi connectivity index (χ2n) is 5.19. The van der Waals surface area contributed by atoms with Crippen LogP contribution in [0.5, 0.6) is 5.75 Å². The highest BCUT2D eigenvalue weighted by Crippen LogP contribution is 2.26. The molecule has 0 amide bonds. The highest BCUT2D eigenvalue weighted by molar-refractivity contribution is 6.43. The molecule has 0 aliphatic carbocycles. The Labute approximate surface area is 131 Å². The van der Waals surface area contributed by atoms with Crippen molar-refractivity contribution in [3.63, 3.8) is 0 Å². The van der Waals surface area contributed by atoms with Crippen molar-refractivity contribution in [2.24, 2.45) is 0 Å². The van der Waals surface area contributed by atoms with Gasteiger partial charge in [0.25, 0.3) is 0 Å². The van der Waals surface area contributed by atoms with E-state index in [0.717, 1.165) is 24.8 Å². The van der Waals surface area contributed by atoms with Gasteiger partial charge in [-0.05, 0) is 43.0 Å². The number of aromatic hydroxyl groups is 1. The molecule has 1 heterocycles. The van der Waals surface area contributed by atoms with Crippen LogP contribution in [0.2, 0.25) is 11.3 Å². The fourth-order valence-electron chi connectivity index (χ4n) is 2.35. The molecule has 112 valence electrons. The molecule has 21 heavy (non-hydrogen) atoms. The van der Waals surface area contributed by atoms with Gasteiger partial charge in [-0.25, -0.2) is 0 Å². The van der Waals surface area contributed by atoms with Crippen molar-refractivity contribution in [1.29, 1.82) is 0 Å². The van der Waals surface area contributed by atoms with Crippen LogP contribution in [0.15, 0.2) is 35.9 Å². The topological polar surface area (TPSA) is 49.7 Å². The predicted molar refractivity (Wildman–Crippen MR) is 87.4 cm³/mol. The van der Waals surface area contributed by atoms with Gasteiger partial charge in [0.15, 0.2) is 0 Å². The quantitative estimate of drug-likeness (QED) is 0.637. The SMILES string of the molecule is CC/C(=C\c1ccc(O)cc1Cl)CC[C@@H]1C=CCB(O)O1. The van der Waals surface area contributed by atoms with E-state index < -0.39 is 7.12 Å². The third-order valence-electron chi connectivity index (χ3n) is 3.57. The Hall–Kier alpha value is -1.23. The number of hydrogen-bond donors (Lipinski definition) is 2. The molecule has 0 saturated heterocycles. The number of allylic oxidation sites excluding steroid dienone is 2. The van der Waals surface area contributed by atoms with Gasteiger partial charge in [-0.3, -0.25) is 0 Å². The van der Waals surface area contributed by atoms with Gasteiger partial charge in [0.05, 0.1) is 11.1 Å². The highest BCUT2D eigenvalue weighted by Gasteiger charge is 2.20. The van der Waals surface area contributed by atoms with E-state index in [-0.39, 0.29) is 11.9 Å². The number of halogens is 1. The van der Waals surface area contributed by atoms with Crippen molar-refractivity contribution >= 4 is 24.8 Å². The number of benzene rings is 1. The van der Waals surface area contributed by atoms with Crippen LogP contribution >= 0.6 is 11.6 Å². The lowest BCUT2D eigenvalue weighted by atomic mass is 9.82. The Bertz CT molecular complexity index is 542. The van der Waals surface area contributed by atoms with E-state index in [9.17, 15) is 10.1 Å². The van der Waals surface area contributed by atoms with E-state index in [1.165, 1.54) is 5.57 Å². The number of rotatable bonds is 5. The zero-order valence-corrected chi connectivity index (χ0v) is 12.9. The normalized spacial score (nSPS) is 19.1. The van der Waals surface area contributed by atoms with Crippen LogP contribution in [0.3, 0.4) is 0 Å². The lowest BCUT2D eigenvalue weighted by molar-refractivity contribution is 0.192. The summed E-state index contributed by atoms with van der Waals surface area (Å²) < 4.78 is 5.45. The van der Waals surface area contributed by atoms with Crippen molar-refractivity contribution in [2.75, 3.05) is 0 Å². The third kappa shape index (κ3) is 4.92. The first kappa shape index (κ1) is 16.2. The summed E-state index contributed by atoms with van der Waals surface area (Å²) in [4.78, 5) is 0. The van der Waals surface area contributed by atoms with Gasteiger partial charge < -0.3 is 14.8 Å². The molecule has 1 aliphatic rings. The molecule has 0 bridgehead atoms. The summed E-state index contributed by atoms with van der Waals surface area (Å²) in [5, 5.41) is 19.4. The van der Waals surface area contributed by atoms with Crippen LogP contribution in [-0.4, -0.2) is 23.4 Å². The molecule has 0 fully saturated rings. The molecule has 0 saturated carbocycles. The smallest absolute Gasteiger partial charge is 0.458 e. The molecule has 0 radical (unpaired) electrons. The summed E-state index contributed by atoms with van der Waals surface area (Å²) in [6.07, 6.45) is 9.22. The molecule has 2 rings (SSSR count). The van der Waals surface area contributed by atoms with E-state index in [1.807, 2.05) is 18.2 Å². The Kier molecular flexibility index (Phi) is 5.91. The van der Waals surface area contributed by atoms with Crippen molar-refractivity contribution in [3.8, 4) is 5.75 Å². The van der Waals surface area contributed by atoms with Gasteiger partial charge in [0.2, 0.25) is 0 Å². The van der Waals surface area contributed by atoms with Gasteiger partial charge in [-0.15, -0.1) is 0 Å². The summed E-state index contributed by atoms with van der Waals surface area (Å²) in [6.45, 7) is 2.10. The molecule has 1 aromatic rings. The second-order valence-corrected chi connectivity index (χ2v) is 5.60. The molecule has 0 unspecified atom stereocenters. The summed E-state index contributed by atoms with van der Waals surface area (Å²) in [5.41, 5.74) is 2.17. The molecule has 0 spiro atoms. The largest absolute Gasteiger partial charge is 0.508 e. The molecular weight excluding hydrogens is 286 g/mol. The summed E-state index contributed by atoms with van der Waals surface area (Å²) in [7, 11) is -0.680. The zero-order valence-electron chi connectivity index (χ0n) is 12.1. The summed E-state index contributed by atoms with van der Waals surface area (Å²) in [6, 6.07) is 4.99. The number of hydrogen-bond acceptors (Lipinski definition) is 3. The van der Waals surface area contributed by atoms with Gasteiger partial charge in [0.1, 0.15) is 5.75 Å². The molecule has 2 N–H and O–H groups in total. The summed E-state index contributed by atoms with van der Waals surface area (Å²) >= 11 is 6.13. The van der Waals surface area contributed by atoms with Crippen LogP contribution in [0.4, 0.5) is 0 Å². The van der Waals surface area contributed by atoms with Crippen LogP contribution in [0.25, 0.3) is 6.08 Å².